The van der Waals surface area contributed by atoms with Crippen molar-refractivity contribution in [3.05, 3.63) is 77.9 Å². The second-order valence-electron chi connectivity index (χ2n) is 8.32. The van der Waals surface area contributed by atoms with E-state index in [1.54, 1.807) is 48.5 Å². The fourth-order valence-electron chi connectivity index (χ4n) is 3.78. The first-order valence-corrected chi connectivity index (χ1v) is 11.5. The summed E-state index contributed by atoms with van der Waals surface area (Å²) in [5.74, 6) is -0.832. The molecular formula is C27H32N2O5. The lowest BCUT2D eigenvalue weighted by molar-refractivity contribution is -0.138. The minimum absolute atomic E-state index is 0.0755. The fraction of sp³-hybridized carbons (Fsp3) is 0.333. The maximum Gasteiger partial charge on any atom is 0.338 e. The zero-order chi connectivity index (χ0) is 24.3. The molecule has 180 valence electrons. The third-order valence-electron chi connectivity index (χ3n) is 5.55. The van der Waals surface area contributed by atoms with E-state index >= 15 is 0 Å². The molecule has 2 aromatic rings. The number of nitrogens with two attached hydrogens (primary N) is 2. The van der Waals surface area contributed by atoms with Crippen LogP contribution in [0.4, 0.5) is 11.4 Å². The second kappa shape index (κ2) is 12.6. The van der Waals surface area contributed by atoms with Gasteiger partial charge in [-0.1, -0.05) is 18.2 Å². The largest absolute Gasteiger partial charge is 0.459 e. The average molecular weight is 465 g/mol. The predicted octanol–water partition coefficient (Wildman–Crippen LogP) is 4.67. The molecule has 7 heteroatoms. The van der Waals surface area contributed by atoms with Crippen LogP contribution in [0.1, 0.15) is 53.6 Å². The highest BCUT2D eigenvalue weighted by atomic mass is 16.5. The van der Waals surface area contributed by atoms with Crippen LogP contribution in [0.2, 0.25) is 0 Å². The quantitative estimate of drug-likeness (QED) is 0.173. The second-order valence-corrected chi connectivity index (χ2v) is 8.32. The van der Waals surface area contributed by atoms with Gasteiger partial charge in [0.25, 0.3) is 0 Å². The molecule has 34 heavy (non-hydrogen) atoms. The van der Waals surface area contributed by atoms with Crippen molar-refractivity contribution in [3.8, 4) is 0 Å². The Kier molecular flexibility index (Phi) is 9.29. The maximum atomic E-state index is 12.5. The number of carbonyl (C=O) groups excluding carboxylic acids is 2. The molecule has 0 heterocycles. The summed E-state index contributed by atoms with van der Waals surface area (Å²) in [6.45, 7) is 4.46. The lowest BCUT2D eigenvalue weighted by atomic mass is 9.95. The van der Waals surface area contributed by atoms with Gasteiger partial charge in [-0.2, -0.15) is 0 Å². The number of esters is 2. The van der Waals surface area contributed by atoms with Crippen molar-refractivity contribution in [1.29, 1.82) is 0 Å². The third kappa shape index (κ3) is 8.08. The van der Waals surface area contributed by atoms with Crippen molar-refractivity contribution < 1.29 is 23.8 Å². The Morgan fingerprint density at radius 2 is 1.62 bits per heavy atom. The van der Waals surface area contributed by atoms with E-state index in [1.807, 2.05) is 6.08 Å². The van der Waals surface area contributed by atoms with Crippen LogP contribution < -0.4 is 11.5 Å². The highest BCUT2D eigenvalue weighted by Crippen LogP contribution is 2.24. The Hall–Kier alpha value is -3.58. The first-order chi connectivity index (χ1) is 16.4. The van der Waals surface area contributed by atoms with E-state index in [1.165, 1.54) is 6.08 Å². The molecule has 0 atom stereocenters. The van der Waals surface area contributed by atoms with Crippen LogP contribution >= 0.6 is 0 Å². The summed E-state index contributed by atoms with van der Waals surface area (Å²) in [7, 11) is 0. The van der Waals surface area contributed by atoms with E-state index < -0.39 is 5.97 Å². The van der Waals surface area contributed by atoms with Gasteiger partial charge in [0.05, 0.1) is 18.3 Å². The number of anilines is 2. The molecule has 0 bridgehead atoms. The predicted molar refractivity (Wildman–Crippen MR) is 133 cm³/mol. The molecule has 1 saturated carbocycles. The first kappa shape index (κ1) is 25.1. The molecule has 7 nitrogen and oxygen atoms in total. The Labute approximate surface area is 200 Å². The molecule has 0 aliphatic heterocycles. The summed E-state index contributed by atoms with van der Waals surface area (Å²) in [6.07, 6.45) is 9.18. The zero-order valence-electron chi connectivity index (χ0n) is 19.3. The number of rotatable bonds is 10. The van der Waals surface area contributed by atoms with Crippen LogP contribution in [0.25, 0.3) is 6.08 Å². The summed E-state index contributed by atoms with van der Waals surface area (Å²) < 4.78 is 16.7. The lowest BCUT2D eigenvalue weighted by Gasteiger charge is -2.28. The van der Waals surface area contributed by atoms with Gasteiger partial charge < -0.3 is 25.7 Å². The summed E-state index contributed by atoms with van der Waals surface area (Å²) in [5, 5.41) is 0. The minimum Gasteiger partial charge on any atom is -0.459 e. The van der Waals surface area contributed by atoms with E-state index in [9.17, 15) is 9.59 Å². The topological polar surface area (TPSA) is 114 Å². The number of carbonyl (C=O) groups is 2. The molecule has 2 aromatic carbocycles. The molecule has 0 saturated heterocycles. The molecule has 0 radical (unpaired) electrons. The fourth-order valence-corrected chi connectivity index (χ4v) is 3.78. The standard InChI is InChI=1S/C27H32N2O5/c1-2-3-14-32-24-9-11-25(12-10-24)34-27(31)21-7-4-19(5-8-21)6-13-26(30)33-18-20-15-22(28)17-23(29)16-20/h2,4-8,13,15-17,24-25H,1,3,9-12,14,18,28-29H2. The molecule has 0 amide bonds. The van der Waals surface area contributed by atoms with E-state index in [2.05, 4.69) is 6.58 Å². The number of hydrogen-bond acceptors (Lipinski definition) is 7. The normalized spacial score (nSPS) is 17.9. The number of ether oxygens (including phenoxy) is 3. The molecule has 1 aliphatic carbocycles. The number of hydrogen-bond donors (Lipinski definition) is 2. The third-order valence-corrected chi connectivity index (χ3v) is 5.55. The summed E-state index contributed by atoms with van der Waals surface area (Å²) in [4.78, 5) is 24.5. The molecule has 1 aliphatic rings. The molecular weight excluding hydrogens is 432 g/mol. The smallest absolute Gasteiger partial charge is 0.338 e. The molecule has 0 aromatic heterocycles. The van der Waals surface area contributed by atoms with Gasteiger partial charge in [0, 0.05) is 17.5 Å². The van der Waals surface area contributed by atoms with Crippen LogP contribution in [0.15, 0.2) is 61.2 Å². The van der Waals surface area contributed by atoms with E-state index in [-0.39, 0.29) is 24.8 Å². The molecule has 1 fully saturated rings. The average Bonchev–Trinajstić information content (AvgIpc) is 2.82. The van der Waals surface area contributed by atoms with Crippen molar-refractivity contribution in [1.82, 2.24) is 0 Å². The molecule has 0 spiro atoms. The van der Waals surface area contributed by atoms with Crippen LogP contribution in [0, 0.1) is 0 Å². The summed E-state index contributed by atoms with van der Waals surface area (Å²) in [6, 6.07) is 11.9. The van der Waals surface area contributed by atoms with E-state index in [4.69, 9.17) is 25.7 Å². The number of benzene rings is 2. The Balaban J connectivity index is 1.42. The summed E-state index contributed by atoms with van der Waals surface area (Å²) >= 11 is 0. The summed E-state index contributed by atoms with van der Waals surface area (Å²) in [5.41, 5.74) is 14.5. The van der Waals surface area contributed by atoms with Crippen molar-refractivity contribution in [2.24, 2.45) is 0 Å². The monoisotopic (exact) mass is 464 g/mol. The van der Waals surface area contributed by atoms with Gasteiger partial charge in [0.1, 0.15) is 12.7 Å². The number of nitrogen functional groups attached to an aromatic ring is 2. The highest BCUT2D eigenvalue weighted by Gasteiger charge is 2.24. The van der Waals surface area contributed by atoms with Gasteiger partial charge in [-0.15, -0.1) is 6.58 Å². The Bertz CT molecular complexity index is 988. The molecule has 4 N–H and O–H groups in total. The SMILES string of the molecule is C=CCCOC1CCC(OC(=O)c2ccc(C=CC(=O)OCc3cc(N)cc(N)c3)cc2)CC1. The molecule has 3 rings (SSSR count). The van der Waals surface area contributed by atoms with Gasteiger partial charge in [0.2, 0.25) is 0 Å². The van der Waals surface area contributed by atoms with Crippen molar-refractivity contribution >= 4 is 29.4 Å². The van der Waals surface area contributed by atoms with E-state index in [0.29, 0.717) is 23.5 Å². The van der Waals surface area contributed by atoms with Crippen molar-refractivity contribution in [3.63, 3.8) is 0 Å². The van der Waals surface area contributed by atoms with Gasteiger partial charge >= 0.3 is 11.9 Å². The van der Waals surface area contributed by atoms with Crippen LogP contribution in [0.3, 0.4) is 0 Å². The van der Waals surface area contributed by atoms with Gasteiger partial charge in [-0.3, -0.25) is 0 Å². The minimum atomic E-state index is -0.492. The van der Waals surface area contributed by atoms with Gasteiger partial charge in [-0.25, -0.2) is 9.59 Å². The van der Waals surface area contributed by atoms with Gasteiger partial charge in [0.15, 0.2) is 0 Å². The lowest BCUT2D eigenvalue weighted by Crippen LogP contribution is -2.28. The van der Waals surface area contributed by atoms with Gasteiger partial charge in [-0.05, 0) is 79.6 Å². The van der Waals surface area contributed by atoms with Crippen LogP contribution in [0.5, 0.6) is 0 Å². The highest BCUT2D eigenvalue weighted by molar-refractivity contribution is 5.90. The maximum absolute atomic E-state index is 12.5. The zero-order valence-corrected chi connectivity index (χ0v) is 19.3. The van der Waals surface area contributed by atoms with E-state index in [0.717, 1.165) is 43.2 Å². The molecule has 0 unspecified atom stereocenters. The first-order valence-electron chi connectivity index (χ1n) is 11.5. The van der Waals surface area contributed by atoms with Crippen LogP contribution in [-0.2, 0) is 25.6 Å². The Morgan fingerprint density at radius 3 is 2.26 bits per heavy atom. The van der Waals surface area contributed by atoms with Crippen molar-refractivity contribution in [2.45, 2.75) is 50.9 Å². The Morgan fingerprint density at radius 1 is 0.971 bits per heavy atom. The van der Waals surface area contributed by atoms with Crippen molar-refractivity contribution in [2.75, 3.05) is 18.1 Å². The van der Waals surface area contributed by atoms with Crippen LogP contribution in [-0.4, -0.2) is 30.8 Å².